The number of nitrogens with one attached hydrogen (secondary N) is 1. The second-order valence-electron chi connectivity index (χ2n) is 4.85. The fraction of sp³-hybridized carbons (Fsp3) is 0.500. The van der Waals surface area contributed by atoms with E-state index in [1.165, 1.54) is 18.4 Å². The summed E-state index contributed by atoms with van der Waals surface area (Å²) in [5.74, 6) is 0. The van der Waals surface area contributed by atoms with Gasteiger partial charge in [-0.2, -0.15) is 0 Å². The van der Waals surface area contributed by atoms with Crippen LogP contribution in [0.25, 0.3) is 0 Å². The topological polar surface area (TPSA) is 58.4 Å². The summed E-state index contributed by atoms with van der Waals surface area (Å²) in [6.45, 7) is 2.70. The Kier molecular flexibility index (Phi) is 4.59. The van der Waals surface area contributed by atoms with Crippen molar-refractivity contribution in [1.29, 1.82) is 0 Å². The lowest BCUT2D eigenvalue weighted by Gasteiger charge is -2.35. The Morgan fingerprint density at radius 1 is 1.33 bits per heavy atom. The Morgan fingerprint density at radius 2 is 2.11 bits per heavy atom. The number of nitrogens with two attached hydrogens (primary N) is 1. The number of carbonyl (C=O) groups is 1. The number of hydrogen-bond donors (Lipinski definition) is 2. The van der Waals surface area contributed by atoms with E-state index in [2.05, 4.69) is 34.5 Å². The van der Waals surface area contributed by atoms with Gasteiger partial charge in [0.1, 0.15) is 0 Å². The molecule has 1 atom stereocenters. The number of nitrogens with zero attached hydrogens (tertiary/aromatic N) is 1. The summed E-state index contributed by atoms with van der Waals surface area (Å²) in [6, 6.07) is 10.4. The number of likely N-dealkylation sites (tertiary alicyclic amines) is 1. The molecule has 4 heteroatoms. The summed E-state index contributed by atoms with van der Waals surface area (Å²) in [5, 5.41) is 2.73. The molecule has 1 heterocycles. The van der Waals surface area contributed by atoms with Crippen LogP contribution >= 0.6 is 0 Å². The van der Waals surface area contributed by atoms with Crippen LogP contribution < -0.4 is 11.1 Å². The van der Waals surface area contributed by atoms with Gasteiger partial charge >= 0.3 is 6.03 Å². The summed E-state index contributed by atoms with van der Waals surface area (Å²) in [4.78, 5) is 13.2. The van der Waals surface area contributed by atoms with Crippen LogP contribution in [-0.2, 0) is 6.54 Å². The fourth-order valence-corrected chi connectivity index (χ4v) is 2.54. The normalized spacial score (nSPS) is 20.6. The molecule has 0 aliphatic carbocycles. The van der Waals surface area contributed by atoms with E-state index in [1.54, 1.807) is 0 Å². The fourth-order valence-electron chi connectivity index (χ4n) is 2.54. The number of primary amides is 1. The van der Waals surface area contributed by atoms with Gasteiger partial charge in [-0.3, -0.25) is 4.90 Å². The third-order valence-electron chi connectivity index (χ3n) is 3.49. The van der Waals surface area contributed by atoms with Crippen LogP contribution in [0.1, 0.15) is 24.8 Å². The predicted molar refractivity (Wildman–Crippen MR) is 72.1 cm³/mol. The van der Waals surface area contributed by atoms with Crippen molar-refractivity contribution in [2.75, 3.05) is 13.1 Å². The molecule has 0 spiro atoms. The molecule has 1 saturated heterocycles. The van der Waals surface area contributed by atoms with Crippen molar-refractivity contribution in [3.05, 3.63) is 35.9 Å². The minimum Gasteiger partial charge on any atom is -0.352 e. The van der Waals surface area contributed by atoms with Crippen LogP contribution in [0.4, 0.5) is 4.79 Å². The van der Waals surface area contributed by atoms with Gasteiger partial charge in [0.2, 0.25) is 0 Å². The highest BCUT2D eigenvalue weighted by molar-refractivity contribution is 5.71. The highest BCUT2D eigenvalue weighted by atomic mass is 16.2. The van der Waals surface area contributed by atoms with Crippen molar-refractivity contribution in [1.82, 2.24) is 10.2 Å². The van der Waals surface area contributed by atoms with Crippen molar-refractivity contribution in [2.24, 2.45) is 5.73 Å². The van der Waals surface area contributed by atoms with Crippen LogP contribution in [-0.4, -0.2) is 30.1 Å². The van der Waals surface area contributed by atoms with Crippen LogP contribution in [0.3, 0.4) is 0 Å². The van der Waals surface area contributed by atoms with Gasteiger partial charge in [-0.15, -0.1) is 0 Å². The average Bonchev–Trinajstić information content (AvgIpc) is 2.39. The lowest BCUT2D eigenvalue weighted by molar-refractivity contribution is 0.139. The lowest BCUT2D eigenvalue weighted by Crippen LogP contribution is -2.47. The summed E-state index contributed by atoms with van der Waals surface area (Å²) in [6.07, 6.45) is 3.60. The second kappa shape index (κ2) is 6.40. The van der Waals surface area contributed by atoms with Gasteiger partial charge in [-0.05, 0) is 24.9 Å². The molecule has 98 valence electrons. The first-order chi connectivity index (χ1) is 8.75. The molecular weight excluding hydrogens is 226 g/mol. The maximum Gasteiger partial charge on any atom is 0.312 e. The van der Waals surface area contributed by atoms with Gasteiger partial charge in [0, 0.05) is 19.1 Å². The smallest absolute Gasteiger partial charge is 0.312 e. The quantitative estimate of drug-likeness (QED) is 0.851. The molecule has 0 radical (unpaired) electrons. The molecule has 2 amide bonds. The zero-order chi connectivity index (χ0) is 12.8. The van der Waals surface area contributed by atoms with E-state index in [0.29, 0.717) is 12.6 Å². The number of urea groups is 1. The maximum atomic E-state index is 10.8. The number of piperidine rings is 1. The van der Waals surface area contributed by atoms with Gasteiger partial charge in [0.25, 0.3) is 0 Å². The number of carbonyl (C=O) groups excluding carboxylic acids is 1. The van der Waals surface area contributed by atoms with E-state index < -0.39 is 6.03 Å². The Morgan fingerprint density at radius 3 is 2.83 bits per heavy atom. The minimum atomic E-state index is -0.430. The van der Waals surface area contributed by atoms with E-state index in [0.717, 1.165) is 19.5 Å². The van der Waals surface area contributed by atoms with Crippen molar-refractivity contribution in [2.45, 2.75) is 31.8 Å². The van der Waals surface area contributed by atoms with Crippen molar-refractivity contribution >= 4 is 6.03 Å². The van der Waals surface area contributed by atoms with Gasteiger partial charge < -0.3 is 11.1 Å². The van der Waals surface area contributed by atoms with Crippen molar-refractivity contribution in [3.63, 3.8) is 0 Å². The number of rotatable bonds is 4. The lowest BCUT2D eigenvalue weighted by atomic mass is 10.0. The van der Waals surface area contributed by atoms with Crippen LogP contribution in [0.5, 0.6) is 0 Å². The standard InChI is InChI=1S/C14H21N3O/c15-14(18)16-10-13-8-4-5-9-17(13)11-12-6-2-1-3-7-12/h1-3,6-7,13H,4-5,8-11H2,(H3,15,16,18)/t13-/m1/s1. The molecule has 3 N–H and O–H groups in total. The molecule has 0 saturated carbocycles. The van der Waals surface area contributed by atoms with Crippen LogP contribution in [0.15, 0.2) is 30.3 Å². The third-order valence-corrected chi connectivity index (χ3v) is 3.49. The molecular formula is C14H21N3O. The first-order valence-corrected chi connectivity index (χ1v) is 6.57. The molecule has 4 nitrogen and oxygen atoms in total. The predicted octanol–water partition coefficient (Wildman–Crippen LogP) is 1.71. The average molecular weight is 247 g/mol. The van der Waals surface area contributed by atoms with Gasteiger partial charge in [0.05, 0.1) is 0 Å². The minimum absolute atomic E-state index is 0.409. The highest BCUT2D eigenvalue weighted by Crippen LogP contribution is 2.19. The molecule has 1 aliphatic heterocycles. The Labute approximate surface area is 108 Å². The first-order valence-electron chi connectivity index (χ1n) is 6.57. The molecule has 18 heavy (non-hydrogen) atoms. The molecule has 1 aromatic rings. The number of hydrogen-bond acceptors (Lipinski definition) is 2. The van der Waals surface area contributed by atoms with E-state index in [-0.39, 0.29) is 0 Å². The van der Waals surface area contributed by atoms with Gasteiger partial charge in [-0.1, -0.05) is 36.8 Å². The van der Waals surface area contributed by atoms with Gasteiger partial charge in [0.15, 0.2) is 0 Å². The second-order valence-corrected chi connectivity index (χ2v) is 4.85. The molecule has 1 aromatic carbocycles. The number of benzene rings is 1. The molecule has 2 rings (SSSR count). The molecule has 0 unspecified atom stereocenters. The zero-order valence-electron chi connectivity index (χ0n) is 10.6. The zero-order valence-corrected chi connectivity index (χ0v) is 10.6. The van der Waals surface area contributed by atoms with Crippen LogP contribution in [0, 0.1) is 0 Å². The summed E-state index contributed by atoms with van der Waals surface area (Å²) in [5.41, 5.74) is 6.46. The summed E-state index contributed by atoms with van der Waals surface area (Å²) < 4.78 is 0. The largest absolute Gasteiger partial charge is 0.352 e. The Balaban J connectivity index is 1.93. The van der Waals surface area contributed by atoms with E-state index >= 15 is 0 Å². The van der Waals surface area contributed by atoms with E-state index in [4.69, 9.17) is 5.73 Å². The van der Waals surface area contributed by atoms with E-state index in [1.807, 2.05) is 6.07 Å². The van der Waals surface area contributed by atoms with Crippen molar-refractivity contribution < 1.29 is 4.79 Å². The first kappa shape index (κ1) is 12.9. The highest BCUT2D eigenvalue weighted by Gasteiger charge is 2.22. The van der Waals surface area contributed by atoms with Crippen LogP contribution in [0.2, 0.25) is 0 Å². The Hall–Kier alpha value is -1.55. The molecule has 1 fully saturated rings. The SMILES string of the molecule is NC(=O)NC[C@H]1CCCCN1Cc1ccccc1. The summed E-state index contributed by atoms with van der Waals surface area (Å²) >= 11 is 0. The molecule has 0 aromatic heterocycles. The maximum absolute atomic E-state index is 10.8. The molecule has 1 aliphatic rings. The number of amides is 2. The summed E-state index contributed by atoms with van der Waals surface area (Å²) in [7, 11) is 0. The van der Waals surface area contributed by atoms with Crippen molar-refractivity contribution in [3.8, 4) is 0 Å². The van der Waals surface area contributed by atoms with E-state index in [9.17, 15) is 4.79 Å². The Bertz CT molecular complexity index is 380. The van der Waals surface area contributed by atoms with Gasteiger partial charge in [-0.25, -0.2) is 4.79 Å². The monoisotopic (exact) mass is 247 g/mol. The molecule has 0 bridgehead atoms. The third kappa shape index (κ3) is 3.74.